The number of hydrogen-bond donors (Lipinski definition) is 2. The Balaban J connectivity index is 2.03. The van der Waals surface area contributed by atoms with E-state index in [0.717, 1.165) is 15.7 Å². The average molecular weight is 297 g/mol. The Bertz CT molecular complexity index is 474. The van der Waals surface area contributed by atoms with Gasteiger partial charge in [0.05, 0.1) is 5.92 Å². The third kappa shape index (κ3) is 2.85. The number of aryl methyl sites for hydroxylation is 1. The first-order chi connectivity index (χ1) is 8.06. The predicted octanol–water partition coefficient (Wildman–Crippen LogP) is 1.83. The number of carbonyl (C=O) groups is 2. The second-order valence-electron chi connectivity index (χ2n) is 4.16. The third-order valence-electron chi connectivity index (χ3n) is 2.77. The van der Waals surface area contributed by atoms with E-state index in [1.807, 2.05) is 25.1 Å². The number of carbonyl (C=O) groups excluding carboxylic acids is 2. The summed E-state index contributed by atoms with van der Waals surface area (Å²) in [6.45, 7) is 2.39. The fourth-order valence-corrected chi connectivity index (χ4v) is 2.00. The monoisotopic (exact) mass is 296 g/mol. The van der Waals surface area contributed by atoms with Gasteiger partial charge in [0.1, 0.15) is 0 Å². The summed E-state index contributed by atoms with van der Waals surface area (Å²) in [5.74, 6) is -0.423. The van der Waals surface area contributed by atoms with Crippen molar-refractivity contribution in [3.05, 3.63) is 28.2 Å². The molecule has 0 radical (unpaired) electrons. The van der Waals surface area contributed by atoms with Crippen molar-refractivity contribution in [2.45, 2.75) is 13.3 Å². The summed E-state index contributed by atoms with van der Waals surface area (Å²) in [7, 11) is 0. The average Bonchev–Trinajstić information content (AvgIpc) is 2.70. The molecule has 0 aromatic heterocycles. The molecule has 1 saturated heterocycles. The minimum Gasteiger partial charge on any atom is -0.355 e. The van der Waals surface area contributed by atoms with E-state index >= 15 is 0 Å². The molecule has 1 aromatic carbocycles. The molecule has 2 rings (SSSR count). The topological polar surface area (TPSA) is 58.2 Å². The smallest absolute Gasteiger partial charge is 0.229 e. The van der Waals surface area contributed by atoms with Crippen LogP contribution in [0.15, 0.2) is 22.7 Å². The summed E-state index contributed by atoms with van der Waals surface area (Å²) < 4.78 is 1.01. The number of amides is 2. The van der Waals surface area contributed by atoms with E-state index < -0.39 is 0 Å². The molecule has 0 spiro atoms. The maximum Gasteiger partial charge on any atom is 0.229 e. The van der Waals surface area contributed by atoms with Crippen molar-refractivity contribution < 1.29 is 9.59 Å². The van der Waals surface area contributed by atoms with E-state index in [-0.39, 0.29) is 24.2 Å². The molecule has 1 aromatic rings. The minimum absolute atomic E-state index is 0.0582. The molecule has 1 unspecified atom stereocenters. The van der Waals surface area contributed by atoms with Crippen LogP contribution in [0.2, 0.25) is 0 Å². The van der Waals surface area contributed by atoms with E-state index in [9.17, 15) is 9.59 Å². The van der Waals surface area contributed by atoms with Crippen molar-refractivity contribution >= 4 is 33.4 Å². The fourth-order valence-electron chi connectivity index (χ4n) is 1.76. The molecule has 1 heterocycles. The van der Waals surface area contributed by atoms with Crippen LogP contribution in [0.25, 0.3) is 0 Å². The van der Waals surface area contributed by atoms with Gasteiger partial charge in [0.2, 0.25) is 11.8 Å². The molecule has 0 aliphatic carbocycles. The van der Waals surface area contributed by atoms with Gasteiger partial charge >= 0.3 is 0 Å². The first-order valence-corrected chi connectivity index (χ1v) is 6.19. The summed E-state index contributed by atoms with van der Waals surface area (Å²) in [6.07, 6.45) is 0.279. The highest BCUT2D eigenvalue weighted by Crippen LogP contribution is 2.21. The van der Waals surface area contributed by atoms with Gasteiger partial charge in [-0.3, -0.25) is 9.59 Å². The van der Waals surface area contributed by atoms with E-state index in [2.05, 4.69) is 26.6 Å². The highest BCUT2D eigenvalue weighted by Gasteiger charge is 2.27. The number of hydrogen-bond acceptors (Lipinski definition) is 2. The van der Waals surface area contributed by atoms with Crippen LogP contribution in [0, 0.1) is 12.8 Å². The lowest BCUT2D eigenvalue weighted by Gasteiger charge is -2.10. The Hall–Kier alpha value is -1.36. The first kappa shape index (κ1) is 12.1. The van der Waals surface area contributed by atoms with Crippen molar-refractivity contribution in [3.8, 4) is 0 Å². The summed E-state index contributed by atoms with van der Waals surface area (Å²) in [5.41, 5.74) is 1.82. The maximum absolute atomic E-state index is 11.8. The number of rotatable bonds is 2. The normalized spacial score (nSPS) is 18.9. The van der Waals surface area contributed by atoms with Crippen LogP contribution in [0.1, 0.15) is 12.0 Å². The van der Waals surface area contributed by atoms with Gasteiger partial charge < -0.3 is 10.6 Å². The zero-order valence-corrected chi connectivity index (χ0v) is 11.0. The first-order valence-electron chi connectivity index (χ1n) is 5.40. The van der Waals surface area contributed by atoms with Crippen molar-refractivity contribution in [2.75, 3.05) is 11.9 Å². The third-order valence-corrected chi connectivity index (χ3v) is 3.66. The molecular weight excluding hydrogens is 284 g/mol. The van der Waals surface area contributed by atoms with Crippen LogP contribution in [0.4, 0.5) is 5.69 Å². The number of halogens is 1. The second-order valence-corrected chi connectivity index (χ2v) is 5.01. The lowest BCUT2D eigenvalue weighted by molar-refractivity contribution is -0.123. The summed E-state index contributed by atoms with van der Waals surface area (Å²) in [4.78, 5) is 22.9. The SMILES string of the molecule is Cc1cc(NC(=O)C2CNC(=O)C2)ccc1Br. The molecule has 90 valence electrons. The van der Waals surface area contributed by atoms with Crippen molar-refractivity contribution in [2.24, 2.45) is 5.92 Å². The number of nitrogens with one attached hydrogen (secondary N) is 2. The van der Waals surface area contributed by atoms with E-state index in [4.69, 9.17) is 0 Å². The predicted molar refractivity (Wildman–Crippen MR) is 68.6 cm³/mol. The maximum atomic E-state index is 11.8. The zero-order valence-electron chi connectivity index (χ0n) is 9.42. The van der Waals surface area contributed by atoms with E-state index in [0.29, 0.717) is 6.54 Å². The number of anilines is 1. The van der Waals surface area contributed by atoms with E-state index in [1.54, 1.807) is 0 Å². The van der Waals surface area contributed by atoms with Crippen molar-refractivity contribution in [3.63, 3.8) is 0 Å². The van der Waals surface area contributed by atoms with Gasteiger partial charge in [0.25, 0.3) is 0 Å². The van der Waals surface area contributed by atoms with Gasteiger partial charge in [0.15, 0.2) is 0 Å². The molecular formula is C12H13BrN2O2. The van der Waals surface area contributed by atoms with Crippen LogP contribution in [-0.4, -0.2) is 18.4 Å². The van der Waals surface area contributed by atoms with Crippen LogP contribution < -0.4 is 10.6 Å². The molecule has 5 heteroatoms. The van der Waals surface area contributed by atoms with Crippen molar-refractivity contribution in [1.29, 1.82) is 0 Å². The fraction of sp³-hybridized carbons (Fsp3) is 0.333. The van der Waals surface area contributed by atoms with Gasteiger partial charge in [-0.05, 0) is 30.7 Å². The summed E-state index contributed by atoms with van der Waals surface area (Å²) in [5, 5.41) is 5.47. The Morgan fingerprint density at radius 1 is 1.53 bits per heavy atom. The van der Waals surface area contributed by atoms with Crippen LogP contribution in [0.3, 0.4) is 0 Å². The molecule has 2 N–H and O–H groups in total. The molecule has 1 aliphatic heterocycles. The Kier molecular flexibility index (Phi) is 3.47. The molecule has 0 bridgehead atoms. The molecule has 17 heavy (non-hydrogen) atoms. The largest absolute Gasteiger partial charge is 0.355 e. The van der Waals surface area contributed by atoms with Crippen LogP contribution >= 0.6 is 15.9 Å². The minimum atomic E-state index is -0.258. The molecule has 1 atom stereocenters. The zero-order chi connectivity index (χ0) is 12.4. The van der Waals surface area contributed by atoms with Gasteiger partial charge in [-0.2, -0.15) is 0 Å². The highest BCUT2D eigenvalue weighted by molar-refractivity contribution is 9.10. The molecule has 1 fully saturated rings. The molecule has 2 amide bonds. The lowest BCUT2D eigenvalue weighted by atomic mass is 10.1. The Morgan fingerprint density at radius 3 is 2.88 bits per heavy atom. The molecule has 1 aliphatic rings. The van der Waals surface area contributed by atoms with Gasteiger partial charge in [0, 0.05) is 23.1 Å². The Labute approximate surface area is 108 Å². The van der Waals surface area contributed by atoms with E-state index in [1.165, 1.54) is 0 Å². The standard InChI is InChI=1S/C12H13BrN2O2/c1-7-4-9(2-3-10(7)13)15-12(17)8-5-11(16)14-6-8/h2-4,8H,5-6H2,1H3,(H,14,16)(H,15,17). The molecule has 4 nitrogen and oxygen atoms in total. The molecule has 0 saturated carbocycles. The van der Waals surface area contributed by atoms with Crippen LogP contribution in [0.5, 0.6) is 0 Å². The van der Waals surface area contributed by atoms with Gasteiger partial charge in [-0.1, -0.05) is 15.9 Å². The lowest BCUT2D eigenvalue weighted by Crippen LogP contribution is -2.24. The number of benzene rings is 1. The summed E-state index contributed by atoms with van der Waals surface area (Å²) >= 11 is 3.40. The second kappa shape index (κ2) is 4.87. The van der Waals surface area contributed by atoms with Gasteiger partial charge in [-0.25, -0.2) is 0 Å². The van der Waals surface area contributed by atoms with Crippen molar-refractivity contribution in [1.82, 2.24) is 5.32 Å². The highest BCUT2D eigenvalue weighted by atomic mass is 79.9. The van der Waals surface area contributed by atoms with Crippen LogP contribution in [-0.2, 0) is 9.59 Å². The summed E-state index contributed by atoms with van der Waals surface area (Å²) in [6, 6.07) is 5.62. The quantitative estimate of drug-likeness (QED) is 0.875. The van der Waals surface area contributed by atoms with Gasteiger partial charge in [-0.15, -0.1) is 0 Å². The Morgan fingerprint density at radius 2 is 2.29 bits per heavy atom.